The molecule has 2 atom stereocenters. The predicted octanol–water partition coefficient (Wildman–Crippen LogP) is 6.20. The minimum Gasteiger partial charge on any atom is -0.494 e. The lowest BCUT2D eigenvalue weighted by Gasteiger charge is -2.33. The zero-order valence-corrected chi connectivity index (χ0v) is 19.0. The number of hydrogen-bond donors (Lipinski definition) is 1. The molecule has 0 aliphatic carbocycles. The zero-order valence-electron chi connectivity index (χ0n) is 18.3. The van der Waals surface area contributed by atoms with Crippen molar-refractivity contribution in [3.8, 4) is 5.75 Å². The van der Waals surface area contributed by atoms with E-state index >= 15 is 0 Å². The molecule has 1 aromatic rings. The number of ether oxygens (including phenoxy) is 1. The molecule has 2 unspecified atom stereocenters. The standard InChI is InChI=1S/C24H38ClN3O/c1-3-5-6-7-8-9-10-16-29-19-11-12-20(22(25)17-19)24-21-18-28(14-4-2)15-13-23(21)26-27-24/h11-12,17,21,24,27H,3-10,13-16,18H2,1-2H3. The number of hydrogen-bond acceptors (Lipinski definition) is 4. The summed E-state index contributed by atoms with van der Waals surface area (Å²) in [6, 6.07) is 6.34. The van der Waals surface area contributed by atoms with E-state index in [4.69, 9.17) is 16.3 Å². The summed E-state index contributed by atoms with van der Waals surface area (Å²) in [6.45, 7) is 8.63. The number of nitrogens with zero attached hydrogens (tertiary/aromatic N) is 2. The van der Waals surface area contributed by atoms with Crippen molar-refractivity contribution >= 4 is 17.3 Å². The summed E-state index contributed by atoms with van der Waals surface area (Å²) in [4.78, 5) is 2.55. The number of hydrazone groups is 1. The van der Waals surface area contributed by atoms with Crippen molar-refractivity contribution in [1.82, 2.24) is 10.3 Å². The molecule has 4 nitrogen and oxygen atoms in total. The average Bonchev–Trinajstić information content (AvgIpc) is 3.13. The van der Waals surface area contributed by atoms with Crippen LogP contribution in [-0.4, -0.2) is 36.9 Å². The van der Waals surface area contributed by atoms with Gasteiger partial charge in [-0.25, -0.2) is 0 Å². The van der Waals surface area contributed by atoms with E-state index < -0.39 is 0 Å². The van der Waals surface area contributed by atoms with Gasteiger partial charge in [-0.3, -0.25) is 0 Å². The van der Waals surface area contributed by atoms with Crippen LogP contribution in [0.4, 0.5) is 0 Å². The van der Waals surface area contributed by atoms with E-state index in [1.54, 1.807) is 0 Å². The van der Waals surface area contributed by atoms with E-state index in [9.17, 15) is 0 Å². The molecule has 0 saturated carbocycles. The Labute approximate surface area is 182 Å². The Bertz CT molecular complexity index is 664. The Morgan fingerprint density at radius 3 is 2.66 bits per heavy atom. The third kappa shape index (κ3) is 6.36. The van der Waals surface area contributed by atoms with Gasteiger partial charge in [-0.1, -0.05) is 70.0 Å². The first-order valence-corrected chi connectivity index (χ1v) is 12.1. The molecular weight excluding hydrogens is 382 g/mol. The minimum absolute atomic E-state index is 0.175. The van der Waals surface area contributed by atoms with E-state index in [0.717, 1.165) is 55.4 Å². The quantitative estimate of drug-likeness (QED) is 0.409. The molecule has 162 valence electrons. The second-order valence-electron chi connectivity index (χ2n) is 8.52. The van der Waals surface area contributed by atoms with E-state index in [2.05, 4.69) is 41.4 Å². The van der Waals surface area contributed by atoms with Crippen LogP contribution in [0.1, 0.15) is 83.2 Å². The number of rotatable bonds is 12. The summed E-state index contributed by atoms with van der Waals surface area (Å²) in [7, 11) is 0. The van der Waals surface area contributed by atoms with E-state index in [1.165, 1.54) is 50.7 Å². The molecule has 0 radical (unpaired) electrons. The number of piperidine rings is 1. The van der Waals surface area contributed by atoms with E-state index in [0.29, 0.717) is 5.92 Å². The third-order valence-electron chi connectivity index (χ3n) is 6.18. The van der Waals surface area contributed by atoms with Gasteiger partial charge in [0.1, 0.15) is 5.75 Å². The number of likely N-dealkylation sites (tertiary alicyclic amines) is 1. The second-order valence-corrected chi connectivity index (χ2v) is 8.93. The van der Waals surface area contributed by atoms with Crippen molar-refractivity contribution in [3.63, 3.8) is 0 Å². The fraction of sp³-hybridized carbons (Fsp3) is 0.708. The Hall–Kier alpha value is -1.26. The highest BCUT2D eigenvalue weighted by Crippen LogP contribution is 2.37. The van der Waals surface area contributed by atoms with Crippen molar-refractivity contribution < 1.29 is 4.74 Å². The second kappa shape index (κ2) is 11.8. The van der Waals surface area contributed by atoms with Gasteiger partial charge in [0.05, 0.1) is 12.6 Å². The highest BCUT2D eigenvalue weighted by atomic mass is 35.5. The fourth-order valence-electron chi connectivity index (χ4n) is 4.52. The van der Waals surface area contributed by atoms with Crippen LogP contribution in [0, 0.1) is 5.92 Å². The van der Waals surface area contributed by atoms with Gasteiger partial charge >= 0.3 is 0 Å². The highest BCUT2D eigenvalue weighted by molar-refractivity contribution is 6.31. The SMILES string of the molecule is CCCCCCCCCOc1ccc(C2NN=C3CCN(CCC)CC32)c(Cl)c1. The molecule has 2 heterocycles. The monoisotopic (exact) mass is 419 g/mol. The molecule has 2 aliphatic heterocycles. The smallest absolute Gasteiger partial charge is 0.120 e. The zero-order chi connectivity index (χ0) is 20.5. The number of benzene rings is 1. The van der Waals surface area contributed by atoms with Gasteiger partial charge in [0, 0.05) is 36.2 Å². The van der Waals surface area contributed by atoms with Crippen LogP contribution in [0.15, 0.2) is 23.3 Å². The van der Waals surface area contributed by atoms with Crippen molar-refractivity contribution in [2.45, 2.75) is 77.7 Å². The topological polar surface area (TPSA) is 36.9 Å². The van der Waals surface area contributed by atoms with Gasteiger partial charge < -0.3 is 15.1 Å². The molecule has 29 heavy (non-hydrogen) atoms. The highest BCUT2D eigenvalue weighted by Gasteiger charge is 2.37. The van der Waals surface area contributed by atoms with Gasteiger partial charge in [0.15, 0.2) is 0 Å². The lowest BCUT2D eigenvalue weighted by molar-refractivity contribution is 0.228. The van der Waals surface area contributed by atoms with Crippen LogP contribution < -0.4 is 10.2 Å². The molecule has 1 N–H and O–H groups in total. The molecule has 1 fully saturated rings. The Morgan fingerprint density at radius 2 is 1.90 bits per heavy atom. The van der Waals surface area contributed by atoms with E-state index in [1.807, 2.05) is 6.07 Å². The largest absolute Gasteiger partial charge is 0.494 e. The Kier molecular flexibility index (Phi) is 9.13. The lowest BCUT2D eigenvalue weighted by atomic mass is 9.86. The first-order valence-electron chi connectivity index (χ1n) is 11.7. The number of fused-ring (bicyclic) bond motifs is 1. The Balaban J connectivity index is 1.47. The molecule has 0 amide bonds. The maximum atomic E-state index is 6.66. The molecular formula is C24H38ClN3O. The number of nitrogens with one attached hydrogen (secondary N) is 1. The first-order chi connectivity index (χ1) is 14.2. The summed E-state index contributed by atoms with van der Waals surface area (Å²) in [5.74, 6) is 1.30. The average molecular weight is 420 g/mol. The fourth-order valence-corrected chi connectivity index (χ4v) is 4.80. The van der Waals surface area contributed by atoms with Crippen LogP contribution in [0.2, 0.25) is 5.02 Å². The van der Waals surface area contributed by atoms with Crippen LogP contribution in [0.25, 0.3) is 0 Å². The number of unbranched alkanes of at least 4 members (excludes halogenated alkanes) is 6. The summed E-state index contributed by atoms with van der Waals surface area (Å²) in [5.41, 5.74) is 5.79. The summed E-state index contributed by atoms with van der Waals surface area (Å²) >= 11 is 6.66. The van der Waals surface area contributed by atoms with Gasteiger partial charge in [0.25, 0.3) is 0 Å². The van der Waals surface area contributed by atoms with Crippen LogP contribution in [-0.2, 0) is 0 Å². The molecule has 1 aromatic carbocycles. The molecule has 0 bridgehead atoms. The van der Waals surface area contributed by atoms with Crippen molar-refractivity contribution in [2.75, 3.05) is 26.2 Å². The maximum Gasteiger partial charge on any atom is 0.120 e. The van der Waals surface area contributed by atoms with Gasteiger partial charge in [-0.2, -0.15) is 5.10 Å². The molecule has 0 spiro atoms. The van der Waals surface area contributed by atoms with Gasteiger partial charge in [-0.05, 0) is 37.1 Å². The Morgan fingerprint density at radius 1 is 1.10 bits per heavy atom. The molecule has 5 heteroatoms. The van der Waals surface area contributed by atoms with Crippen molar-refractivity contribution in [2.24, 2.45) is 11.0 Å². The predicted molar refractivity (Wildman–Crippen MR) is 123 cm³/mol. The van der Waals surface area contributed by atoms with Gasteiger partial charge in [-0.15, -0.1) is 0 Å². The van der Waals surface area contributed by atoms with Crippen LogP contribution in [0.5, 0.6) is 5.75 Å². The van der Waals surface area contributed by atoms with Crippen LogP contribution >= 0.6 is 11.6 Å². The summed E-state index contributed by atoms with van der Waals surface area (Å²) in [5, 5.41) is 5.40. The minimum atomic E-state index is 0.175. The molecule has 0 aromatic heterocycles. The van der Waals surface area contributed by atoms with E-state index in [-0.39, 0.29) is 6.04 Å². The third-order valence-corrected chi connectivity index (χ3v) is 6.51. The van der Waals surface area contributed by atoms with Crippen LogP contribution in [0.3, 0.4) is 0 Å². The first kappa shape index (κ1) is 22.4. The van der Waals surface area contributed by atoms with Crippen molar-refractivity contribution in [3.05, 3.63) is 28.8 Å². The normalized spacial score (nSPS) is 21.6. The van der Waals surface area contributed by atoms with Gasteiger partial charge in [0.2, 0.25) is 0 Å². The maximum absolute atomic E-state index is 6.66. The molecule has 3 rings (SSSR count). The molecule has 1 saturated heterocycles. The molecule has 2 aliphatic rings. The number of halogens is 1. The summed E-state index contributed by atoms with van der Waals surface area (Å²) < 4.78 is 5.95. The lowest BCUT2D eigenvalue weighted by Crippen LogP contribution is -2.42. The van der Waals surface area contributed by atoms with Crippen molar-refractivity contribution in [1.29, 1.82) is 0 Å². The summed E-state index contributed by atoms with van der Waals surface area (Å²) in [6.07, 6.45) is 11.3.